The number of ether oxygens (including phenoxy) is 1. The minimum Gasteiger partial charge on any atom is -0.491 e. The van der Waals surface area contributed by atoms with Crippen molar-refractivity contribution in [3.05, 3.63) is 66.1 Å². The number of aromatic nitrogens is 1. The predicted octanol–water partition coefficient (Wildman–Crippen LogP) is 5.02. The number of hydrogen-bond donors (Lipinski definition) is 2. The number of nitrogens with zero attached hydrogens (tertiary/aromatic N) is 2. The highest BCUT2D eigenvalue weighted by atomic mass is 127. The van der Waals surface area contributed by atoms with Crippen molar-refractivity contribution in [2.24, 2.45) is 10.7 Å². The fourth-order valence-electron chi connectivity index (χ4n) is 2.62. The first-order chi connectivity index (χ1) is 13.5. The summed E-state index contributed by atoms with van der Waals surface area (Å²) in [4.78, 5) is 8.86. The van der Waals surface area contributed by atoms with Gasteiger partial charge in [0.25, 0.3) is 0 Å². The number of aryl methyl sites for hydroxylation is 1. The molecule has 3 N–H and O–H groups in total. The van der Waals surface area contributed by atoms with Crippen LogP contribution in [0.1, 0.15) is 25.1 Å². The lowest BCUT2D eigenvalue weighted by molar-refractivity contribution is 0.242. The maximum Gasteiger partial charge on any atom is 0.226 e. The van der Waals surface area contributed by atoms with Gasteiger partial charge >= 0.3 is 0 Å². The van der Waals surface area contributed by atoms with Gasteiger partial charge in [-0.05, 0) is 57.2 Å². The third-order valence-corrected chi connectivity index (χ3v) is 4.00. The number of oxazole rings is 1. The van der Waals surface area contributed by atoms with Crippen molar-refractivity contribution in [2.45, 2.75) is 33.3 Å². The molecule has 7 heteroatoms. The van der Waals surface area contributed by atoms with Crippen LogP contribution in [0.5, 0.6) is 5.75 Å². The van der Waals surface area contributed by atoms with Gasteiger partial charge in [-0.2, -0.15) is 0 Å². The molecule has 0 aliphatic heterocycles. The van der Waals surface area contributed by atoms with Gasteiger partial charge in [-0.15, -0.1) is 24.0 Å². The monoisotopic (exact) mass is 506 g/mol. The van der Waals surface area contributed by atoms with Crippen molar-refractivity contribution in [3.63, 3.8) is 0 Å². The van der Waals surface area contributed by atoms with Crippen LogP contribution in [0.15, 0.2) is 64.2 Å². The second kappa shape index (κ2) is 10.8. The molecule has 0 aliphatic carbocycles. The summed E-state index contributed by atoms with van der Waals surface area (Å²) in [6.07, 6.45) is 2.47. The van der Waals surface area contributed by atoms with Crippen LogP contribution in [-0.2, 0) is 6.42 Å². The Morgan fingerprint density at radius 3 is 2.48 bits per heavy atom. The largest absolute Gasteiger partial charge is 0.491 e. The summed E-state index contributed by atoms with van der Waals surface area (Å²) in [7, 11) is 0. The number of halogens is 1. The topological polar surface area (TPSA) is 85.7 Å². The number of nitrogens with one attached hydrogen (secondary N) is 1. The fourth-order valence-corrected chi connectivity index (χ4v) is 2.62. The van der Waals surface area contributed by atoms with E-state index < -0.39 is 0 Å². The zero-order valence-electron chi connectivity index (χ0n) is 16.9. The molecule has 0 fully saturated rings. The summed E-state index contributed by atoms with van der Waals surface area (Å²) < 4.78 is 11.2. The summed E-state index contributed by atoms with van der Waals surface area (Å²) in [5, 5.41) is 3.07. The van der Waals surface area contributed by atoms with Crippen LogP contribution >= 0.6 is 24.0 Å². The molecule has 0 spiro atoms. The minimum absolute atomic E-state index is 0. The van der Waals surface area contributed by atoms with E-state index in [1.165, 1.54) is 5.56 Å². The molecule has 1 aromatic heterocycles. The van der Waals surface area contributed by atoms with Crippen molar-refractivity contribution < 1.29 is 9.15 Å². The van der Waals surface area contributed by atoms with Crippen LogP contribution in [0.3, 0.4) is 0 Å². The van der Waals surface area contributed by atoms with Gasteiger partial charge in [0.2, 0.25) is 5.89 Å². The Labute approximate surface area is 188 Å². The number of anilines is 1. The van der Waals surface area contributed by atoms with E-state index >= 15 is 0 Å². The molecule has 0 bridgehead atoms. The van der Waals surface area contributed by atoms with E-state index in [-0.39, 0.29) is 30.1 Å². The van der Waals surface area contributed by atoms with Crippen molar-refractivity contribution in [1.82, 2.24) is 4.98 Å². The molecule has 6 nitrogen and oxygen atoms in total. The maximum atomic E-state index is 5.96. The van der Waals surface area contributed by atoms with Gasteiger partial charge < -0.3 is 20.2 Å². The van der Waals surface area contributed by atoms with E-state index in [9.17, 15) is 0 Å². The smallest absolute Gasteiger partial charge is 0.226 e. The van der Waals surface area contributed by atoms with Crippen LogP contribution in [-0.4, -0.2) is 23.6 Å². The van der Waals surface area contributed by atoms with Crippen LogP contribution < -0.4 is 15.8 Å². The molecular weight excluding hydrogens is 479 g/mol. The van der Waals surface area contributed by atoms with E-state index in [0.29, 0.717) is 24.8 Å². The molecule has 0 saturated heterocycles. The first kappa shape index (κ1) is 22.7. The Morgan fingerprint density at radius 2 is 1.83 bits per heavy atom. The molecule has 0 radical (unpaired) electrons. The van der Waals surface area contributed by atoms with Gasteiger partial charge in [-0.25, -0.2) is 4.98 Å². The van der Waals surface area contributed by atoms with Crippen LogP contribution in [0, 0.1) is 6.92 Å². The highest BCUT2D eigenvalue weighted by Crippen LogP contribution is 2.19. The quantitative estimate of drug-likeness (QED) is 0.267. The van der Waals surface area contributed by atoms with E-state index in [4.69, 9.17) is 14.9 Å². The predicted molar refractivity (Wildman–Crippen MR) is 128 cm³/mol. The van der Waals surface area contributed by atoms with Crippen molar-refractivity contribution in [1.29, 1.82) is 0 Å². The Balaban J connectivity index is 0.00000300. The Bertz CT molecular complexity index is 919. The second-order valence-corrected chi connectivity index (χ2v) is 6.84. The summed E-state index contributed by atoms with van der Waals surface area (Å²) in [5.41, 5.74) is 9.84. The first-order valence-electron chi connectivity index (χ1n) is 9.35. The average molecular weight is 506 g/mol. The van der Waals surface area contributed by atoms with Crippen LogP contribution in [0.25, 0.3) is 11.5 Å². The Morgan fingerprint density at radius 1 is 1.14 bits per heavy atom. The molecule has 0 amide bonds. The normalized spacial score (nSPS) is 11.2. The maximum absolute atomic E-state index is 5.96. The van der Waals surface area contributed by atoms with Gasteiger partial charge in [0.05, 0.1) is 11.8 Å². The zero-order chi connectivity index (χ0) is 19.9. The minimum atomic E-state index is 0. The highest BCUT2D eigenvalue weighted by Gasteiger charge is 2.06. The lowest BCUT2D eigenvalue weighted by atomic mass is 10.1. The molecule has 2 aromatic carbocycles. The second-order valence-electron chi connectivity index (χ2n) is 6.84. The third-order valence-electron chi connectivity index (χ3n) is 4.00. The number of rotatable bonds is 7. The highest BCUT2D eigenvalue weighted by molar-refractivity contribution is 14.0. The average Bonchev–Trinajstić information content (AvgIpc) is 3.12. The zero-order valence-corrected chi connectivity index (χ0v) is 19.2. The number of benzene rings is 2. The van der Waals surface area contributed by atoms with Gasteiger partial charge in [0.15, 0.2) is 5.96 Å². The summed E-state index contributed by atoms with van der Waals surface area (Å²) in [6.45, 7) is 6.56. The lowest BCUT2D eigenvalue weighted by Crippen LogP contribution is -2.23. The van der Waals surface area contributed by atoms with Crippen molar-refractivity contribution in [2.75, 3.05) is 11.9 Å². The summed E-state index contributed by atoms with van der Waals surface area (Å²) >= 11 is 0. The van der Waals surface area contributed by atoms with Crippen molar-refractivity contribution in [3.8, 4) is 17.2 Å². The summed E-state index contributed by atoms with van der Waals surface area (Å²) in [5.74, 6) is 1.81. The summed E-state index contributed by atoms with van der Waals surface area (Å²) in [6, 6.07) is 15.7. The number of guanidine groups is 1. The molecule has 3 aromatic rings. The number of hydrogen-bond acceptors (Lipinski definition) is 4. The Kier molecular flexibility index (Phi) is 8.50. The van der Waals surface area contributed by atoms with E-state index in [0.717, 1.165) is 22.7 Å². The number of aliphatic imine (C=N–C) groups is 1. The van der Waals surface area contributed by atoms with E-state index in [2.05, 4.69) is 22.2 Å². The standard InChI is InChI=1S/C22H26N4O2.HI/c1-15(2)28-20-10-8-18(9-11-20)26-22(23)24-13-12-19-14-27-21(25-19)17-6-4-16(3)5-7-17;/h4-11,14-15H,12-13H2,1-3H3,(H3,23,24,26);1H. The molecule has 0 aliphatic rings. The van der Waals surface area contributed by atoms with Crippen LogP contribution in [0.2, 0.25) is 0 Å². The van der Waals surface area contributed by atoms with Gasteiger partial charge in [-0.3, -0.25) is 4.99 Å². The van der Waals surface area contributed by atoms with E-state index in [1.54, 1.807) is 6.26 Å². The van der Waals surface area contributed by atoms with Gasteiger partial charge in [0, 0.05) is 24.2 Å². The molecule has 1 heterocycles. The number of nitrogens with two attached hydrogens (primary N) is 1. The van der Waals surface area contributed by atoms with Gasteiger partial charge in [0.1, 0.15) is 12.0 Å². The molecular formula is C22H27IN4O2. The third kappa shape index (κ3) is 7.08. The molecule has 0 unspecified atom stereocenters. The molecule has 0 saturated carbocycles. The SMILES string of the molecule is Cc1ccc(-c2nc(CCN=C(N)Nc3ccc(OC(C)C)cc3)co2)cc1.I. The fraction of sp³-hybridized carbons (Fsp3) is 0.273. The molecule has 3 rings (SSSR count). The molecule has 154 valence electrons. The first-order valence-corrected chi connectivity index (χ1v) is 9.35. The Hall–Kier alpha value is -2.55. The van der Waals surface area contributed by atoms with Crippen LogP contribution in [0.4, 0.5) is 5.69 Å². The van der Waals surface area contributed by atoms with E-state index in [1.807, 2.05) is 62.4 Å². The molecule has 29 heavy (non-hydrogen) atoms. The van der Waals surface area contributed by atoms with Gasteiger partial charge in [-0.1, -0.05) is 17.7 Å². The van der Waals surface area contributed by atoms with Crippen molar-refractivity contribution >= 4 is 35.6 Å². The molecule has 0 atom stereocenters. The lowest BCUT2D eigenvalue weighted by Gasteiger charge is -2.10.